The van der Waals surface area contributed by atoms with Crippen LogP contribution in [-0.4, -0.2) is 34.5 Å². The molecule has 0 aliphatic heterocycles. The molecular formula is C26H41NO5. The summed E-state index contributed by atoms with van der Waals surface area (Å²) < 4.78 is 0. The lowest BCUT2D eigenvalue weighted by molar-refractivity contribution is -0.151. The maximum Gasteiger partial charge on any atom is 0.325 e. The van der Waals surface area contributed by atoms with Gasteiger partial charge in [-0.3, -0.25) is 14.4 Å². The second-order valence-corrected chi connectivity index (χ2v) is 8.57. The van der Waals surface area contributed by atoms with Gasteiger partial charge in [-0.2, -0.15) is 0 Å². The zero-order valence-electron chi connectivity index (χ0n) is 19.6. The highest BCUT2D eigenvalue weighted by molar-refractivity contribution is 6.20. The van der Waals surface area contributed by atoms with Crippen LogP contribution in [0.5, 0.6) is 0 Å². The van der Waals surface area contributed by atoms with Gasteiger partial charge in [0, 0.05) is 17.8 Å². The summed E-state index contributed by atoms with van der Waals surface area (Å²) in [7, 11) is 0. The molecule has 0 amide bonds. The minimum atomic E-state index is -2.07. The molecule has 0 aromatic heterocycles. The molecular weight excluding hydrogens is 406 g/mol. The van der Waals surface area contributed by atoms with Crippen molar-refractivity contribution in [2.75, 3.05) is 11.9 Å². The number of rotatable bonds is 20. The Hall–Kier alpha value is -2.37. The average molecular weight is 448 g/mol. The van der Waals surface area contributed by atoms with Gasteiger partial charge in [-0.25, -0.2) is 0 Å². The van der Waals surface area contributed by atoms with Gasteiger partial charge >= 0.3 is 11.9 Å². The van der Waals surface area contributed by atoms with Crippen LogP contribution < -0.4 is 5.32 Å². The van der Waals surface area contributed by atoms with Crippen LogP contribution in [0.25, 0.3) is 0 Å². The lowest BCUT2D eigenvalue weighted by Gasteiger charge is -2.09. The molecule has 180 valence electrons. The second kappa shape index (κ2) is 17.2. The Bertz CT molecular complexity index is 657. The van der Waals surface area contributed by atoms with Crippen LogP contribution >= 0.6 is 0 Å². The van der Waals surface area contributed by atoms with Crippen molar-refractivity contribution < 1.29 is 24.6 Å². The Labute approximate surface area is 192 Å². The predicted octanol–water partition coefficient (Wildman–Crippen LogP) is 6.55. The molecule has 0 spiro atoms. The number of nitrogens with one attached hydrogen (secondary N) is 1. The van der Waals surface area contributed by atoms with E-state index in [1.807, 2.05) is 0 Å². The fraction of sp³-hybridized carbons (Fsp3) is 0.654. The molecule has 1 rings (SSSR count). The predicted molar refractivity (Wildman–Crippen MR) is 128 cm³/mol. The first-order chi connectivity index (χ1) is 15.5. The molecule has 6 heteroatoms. The van der Waals surface area contributed by atoms with Crippen LogP contribution in [-0.2, 0) is 9.59 Å². The van der Waals surface area contributed by atoms with E-state index in [1.165, 1.54) is 95.6 Å². The smallest absolute Gasteiger partial charge is 0.325 e. The van der Waals surface area contributed by atoms with Gasteiger partial charge in [0.05, 0.1) is 0 Å². The summed E-state index contributed by atoms with van der Waals surface area (Å²) in [5.74, 6) is -6.28. The number of anilines is 1. The summed E-state index contributed by atoms with van der Waals surface area (Å²) >= 11 is 0. The van der Waals surface area contributed by atoms with E-state index >= 15 is 0 Å². The molecule has 0 bridgehead atoms. The molecule has 32 heavy (non-hydrogen) atoms. The van der Waals surface area contributed by atoms with E-state index in [0.717, 1.165) is 18.7 Å². The monoisotopic (exact) mass is 447 g/mol. The van der Waals surface area contributed by atoms with Crippen LogP contribution in [0.1, 0.15) is 107 Å². The summed E-state index contributed by atoms with van der Waals surface area (Å²) in [5, 5.41) is 21.1. The zero-order chi connectivity index (χ0) is 23.6. The number of benzene rings is 1. The molecule has 0 fully saturated rings. The van der Waals surface area contributed by atoms with E-state index in [0.29, 0.717) is 0 Å². The van der Waals surface area contributed by atoms with Gasteiger partial charge in [0.25, 0.3) is 0 Å². The van der Waals surface area contributed by atoms with Crippen molar-refractivity contribution in [3.05, 3.63) is 29.8 Å². The molecule has 0 aliphatic carbocycles. The summed E-state index contributed by atoms with van der Waals surface area (Å²) in [6.07, 6.45) is 18.5. The molecule has 1 aromatic rings. The van der Waals surface area contributed by atoms with Crippen molar-refractivity contribution in [2.45, 2.75) is 96.8 Å². The zero-order valence-corrected chi connectivity index (χ0v) is 19.6. The minimum absolute atomic E-state index is 0.0850. The molecule has 0 unspecified atom stereocenters. The minimum Gasteiger partial charge on any atom is -0.480 e. The van der Waals surface area contributed by atoms with E-state index in [-0.39, 0.29) is 5.56 Å². The Morgan fingerprint density at radius 3 is 1.50 bits per heavy atom. The van der Waals surface area contributed by atoms with Gasteiger partial charge in [0.2, 0.25) is 5.92 Å². The quantitative estimate of drug-likeness (QED) is 0.119. The third kappa shape index (κ3) is 11.9. The van der Waals surface area contributed by atoms with E-state index < -0.39 is 23.6 Å². The lowest BCUT2D eigenvalue weighted by atomic mass is 9.97. The number of carboxylic acid groups (broad SMARTS) is 2. The molecule has 0 aliphatic rings. The number of carbonyl (C=O) groups excluding carboxylic acids is 1. The number of ketones is 1. The fourth-order valence-electron chi connectivity index (χ4n) is 3.80. The van der Waals surface area contributed by atoms with Crippen molar-refractivity contribution >= 4 is 23.4 Å². The van der Waals surface area contributed by atoms with Crippen LogP contribution in [0.2, 0.25) is 0 Å². The Balaban J connectivity index is 2.06. The van der Waals surface area contributed by atoms with Crippen molar-refractivity contribution in [1.29, 1.82) is 0 Å². The Morgan fingerprint density at radius 1 is 0.688 bits per heavy atom. The van der Waals surface area contributed by atoms with Crippen molar-refractivity contribution in [2.24, 2.45) is 5.92 Å². The van der Waals surface area contributed by atoms with Crippen molar-refractivity contribution in [3.63, 3.8) is 0 Å². The summed E-state index contributed by atoms with van der Waals surface area (Å²) in [5.41, 5.74) is 0.917. The first-order valence-corrected chi connectivity index (χ1v) is 12.3. The highest BCUT2D eigenvalue weighted by atomic mass is 16.4. The summed E-state index contributed by atoms with van der Waals surface area (Å²) in [6.45, 7) is 3.09. The molecule has 0 atom stereocenters. The SMILES string of the molecule is CCCCCCCCCCCCCCCCNc1ccc(C(=O)C(C(=O)O)C(=O)O)cc1. The number of unbranched alkanes of at least 4 members (excludes halogenated alkanes) is 13. The van der Waals surface area contributed by atoms with Crippen molar-refractivity contribution in [1.82, 2.24) is 0 Å². The van der Waals surface area contributed by atoms with E-state index in [4.69, 9.17) is 10.2 Å². The van der Waals surface area contributed by atoms with Crippen LogP contribution in [0, 0.1) is 5.92 Å². The summed E-state index contributed by atoms with van der Waals surface area (Å²) in [6, 6.07) is 6.29. The molecule has 0 heterocycles. The topological polar surface area (TPSA) is 104 Å². The Morgan fingerprint density at radius 2 is 1.09 bits per heavy atom. The highest BCUT2D eigenvalue weighted by Gasteiger charge is 2.34. The van der Waals surface area contributed by atoms with Gasteiger partial charge < -0.3 is 15.5 Å². The van der Waals surface area contributed by atoms with E-state index in [1.54, 1.807) is 12.1 Å². The molecule has 3 N–H and O–H groups in total. The molecule has 0 radical (unpaired) electrons. The van der Waals surface area contributed by atoms with Crippen molar-refractivity contribution in [3.8, 4) is 0 Å². The number of hydrogen-bond donors (Lipinski definition) is 3. The number of carboxylic acids is 2. The average Bonchev–Trinajstić information content (AvgIpc) is 2.76. The third-order valence-electron chi connectivity index (χ3n) is 5.78. The maximum absolute atomic E-state index is 12.1. The van der Waals surface area contributed by atoms with Gasteiger partial charge in [-0.1, -0.05) is 90.4 Å². The van der Waals surface area contributed by atoms with E-state index in [2.05, 4.69) is 12.2 Å². The highest BCUT2D eigenvalue weighted by Crippen LogP contribution is 2.16. The number of aliphatic carboxylic acids is 2. The maximum atomic E-state index is 12.1. The standard InChI is InChI=1S/C26H41NO5/c1-2-3-4-5-6-7-8-9-10-11-12-13-14-15-20-27-22-18-16-21(17-19-22)24(28)23(25(29)30)26(31)32/h16-19,23,27H,2-15,20H2,1H3,(H,29,30)(H,31,32). The van der Waals surface area contributed by atoms with Gasteiger partial charge in [0.1, 0.15) is 0 Å². The van der Waals surface area contributed by atoms with Crippen LogP contribution in [0.3, 0.4) is 0 Å². The van der Waals surface area contributed by atoms with Crippen LogP contribution in [0.15, 0.2) is 24.3 Å². The third-order valence-corrected chi connectivity index (χ3v) is 5.78. The fourth-order valence-corrected chi connectivity index (χ4v) is 3.80. The van der Waals surface area contributed by atoms with Gasteiger partial charge in [-0.15, -0.1) is 0 Å². The largest absolute Gasteiger partial charge is 0.480 e. The van der Waals surface area contributed by atoms with Crippen LogP contribution in [0.4, 0.5) is 5.69 Å². The first kappa shape index (κ1) is 27.7. The normalized spacial score (nSPS) is 10.9. The molecule has 0 saturated carbocycles. The molecule has 6 nitrogen and oxygen atoms in total. The van der Waals surface area contributed by atoms with E-state index in [9.17, 15) is 14.4 Å². The number of Topliss-reactive ketones (excluding diaryl/α,β-unsaturated/α-hetero) is 1. The molecule has 0 saturated heterocycles. The Kier molecular flexibility index (Phi) is 14.9. The lowest BCUT2D eigenvalue weighted by Crippen LogP contribution is -2.31. The number of carbonyl (C=O) groups is 3. The van der Waals surface area contributed by atoms with Gasteiger partial charge in [0.15, 0.2) is 5.78 Å². The number of hydrogen-bond acceptors (Lipinski definition) is 4. The summed E-state index contributed by atoms with van der Waals surface area (Å²) in [4.78, 5) is 34.0. The first-order valence-electron chi connectivity index (χ1n) is 12.3. The second-order valence-electron chi connectivity index (χ2n) is 8.57. The molecule has 1 aromatic carbocycles. The van der Waals surface area contributed by atoms with Gasteiger partial charge in [-0.05, 0) is 30.7 Å².